The van der Waals surface area contributed by atoms with E-state index in [4.69, 9.17) is 0 Å². The maximum Gasteiger partial charge on any atom is 0.225 e. The molecule has 0 aromatic carbocycles. The Kier molecular flexibility index (Phi) is 4.91. The zero-order valence-electron chi connectivity index (χ0n) is 15.4. The van der Waals surface area contributed by atoms with Crippen LogP contribution in [-0.4, -0.2) is 47.0 Å². The summed E-state index contributed by atoms with van der Waals surface area (Å²) in [6.45, 7) is 6.02. The molecule has 2 saturated heterocycles. The highest BCUT2D eigenvalue weighted by molar-refractivity contribution is 5.79. The normalized spacial score (nSPS) is 27.4. The highest BCUT2D eigenvalue weighted by Crippen LogP contribution is 2.37. The molecule has 1 saturated carbocycles. The van der Waals surface area contributed by atoms with Crippen LogP contribution in [0.4, 0.5) is 5.82 Å². The van der Waals surface area contributed by atoms with Gasteiger partial charge in [0.2, 0.25) is 5.91 Å². The van der Waals surface area contributed by atoms with Crippen molar-refractivity contribution in [3.63, 3.8) is 0 Å². The van der Waals surface area contributed by atoms with Gasteiger partial charge in [0.1, 0.15) is 12.1 Å². The fraction of sp³-hybridized carbons (Fsp3) is 0.750. The van der Waals surface area contributed by atoms with Crippen LogP contribution in [0, 0.1) is 17.8 Å². The SMILES string of the molecule is CCc1cc(N2CCC(C(=O)N3CC4CCCCC4C3)CC2)ncn1. The third-order valence-corrected chi connectivity index (χ3v) is 6.53. The minimum atomic E-state index is 0.212. The molecule has 136 valence electrons. The molecule has 0 spiro atoms. The van der Waals surface area contributed by atoms with Gasteiger partial charge in [0.15, 0.2) is 0 Å². The van der Waals surface area contributed by atoms with Gasteiger partial charge in [0, 0.05) is 43.9 Å². The first kappa shape index (κ1) is 16.8. The molecule has 2 atom stereocenters. The van der Waals surface area contributed by atoms with Gasteiger partial charge in [-0.2, -0.15) is 0 Å². The molecule has 1 amide bonds. The fourth-order valence-corrected chi connectivity index (χ4v) is 4.95. The molecule has 0 radical (unpaired) electrons. The smallest absolute Gasteiger partial charge is 0.225 e. The van der Waals surface area contributed by atoms with Gasteiger partial charge in [-0.05, 0) is 43.9 Å². The molecule has 25 heavy (non-hydrogen) atoms. The number of nitrogens with zero attached hydrogens (tertiary/aromatic N) is 4. The Bertz CT molecular complexity index is 597. The lowest BCUT2D eigenvalue weighted by molar-refractivity contribution is -0.135. The maximum atomic E-state index is 13.0. The van der Waals surface area contributed by atoms with Crippen molar-refractivity contribution in [1.29, 1.82) is 0 Å². The summed E-state index contributed by atoms with van der Waals surface area (Å²) in [6.07, 6.45) is 9.90. The summed E-state index contributed by atoms with van der Waals surface area (Å²) in [7, 11) is 0. The van der Waals surface area contributed by atoms with E-state index in [-0.39, 0.29) is 5.92 Å². The van der Waals surface area contributed by atoms with Crippen molar-refractivity contribution in [1.82, 2.24) is 14.9 Å². The Balaban J connectivity index is 1.33. The van der Waals surface area contributed by atoms with Crippen molar-refractivity contribution in [2.75, 3.05) is 31.1 Å². The summed E-state index contributed by atoms with van der Waals surface area (Å²) in [4.78, 5) is 26.2. The van der Waals surface area contributed by atoms with E-state index in [9.17, 15) is 4.79 Å². The zero-order chi connectivity index (χ0) is 17.2. The lowest BCUT2D eigenvalue weighted by atomic mass is 9.82. The minimum Gasteiger partial charge on any atom is -0.356 e. The van der Waals surface area contributed by atoms with Crippen LogP contribution in [0.25, 0.3) is 0 Å². The van der Waals surface area contributed by atoms with Crippen LogP contribution < -0.4 is 4.90 Å². The predicted octanol–water partition coefficient (Wildman–Crippen LogP) is 2.90. The average molecular weight is 342 g/mol. The number of amides is 1. The largest absolute Gasteiger partial charge is 0.356 e. The van der Waals surface area contributed by atoms with Crippen molar-refractivity contribution in [2.45, 2.75) is 51.9 Å². The Morgan fingerprint density at radius 3 is 2.40 bits per heavy atom. The van der Waals surface area contributed by atoms with E-state index >= 15 is 0 Å². The molecule has 1 aromatic rings. The van der Waals surface area contributed by atoms with Gasteiger partial charge in [-0.3, -0.25) is 4.79 Å². The Hall–Kier alpha value is -1.65. The third kappa shape index (κ3) is 3.51. The van der Waals surface area contributed by atoms with Crippen LogP contribution in [0.3, 0.4) is 0 Å². The lowest BCUT2D eigenvalue weighted by Gasteiger charge is -2.34. The second-order valence-electron chi connectivity index (χ2n) is 8.03. The summed E-state index contributed by atoms with van der Waals surface area (Å²) in [5, 5.41) is 0. The first-order valence-corrected chi connectivity index (χ1v) is 10.1. The molecule has 5 heteroatoms. The van der Waals surface area contributed by atoms with E-state index in [2.05, 4.69) is 32.8 Å². The first-order chi connectivity index (χ1) is 12.2. The number of aryl methyl sites for hydroxylation is 1. The Morgan fingerprint density at radius 1 is 1.08 bits per heavy atom. The van der Waals surface area contributed by atoms with Crippen LogP contribution in [0.2, 0.25) is 0 Å². The minimum absolute atomic E-state index is 0.212. The molecule has 1 aromatic heterocycles. The molecular formula is C20H30N4O. The van der Waals surface area contributed by atoms with Crippen LogP contribution >= 0.6 is 0 Å². The highest BCUT2D eigenvalue weighted by atomic mass is 16.2. The van der Waals surface area contributed by atoms with Gasteiger partial charge >= 0.3 is 0 Å². The lowest BCUT2D eigenvalue weighted by Crippen LogP contribution is -2.42. The van der Waals surface area contributed by atoms with Gasteiger partial charge in [0.05, 0.1) is 0 Å². The van der Waals surface area contributed by atoms with Gasteiger partial charge in [0.25, 0.3) is 0 Å². The van der Waals surface area contributed by atoms with Crippen molar-refractivity contribution >= 4 is 11.7 Å². The molecule has 4 rings (SSSR count). The number of carbonyl (C=O) groups is 1. The fourth-order valence-electron chi connectivity index (χ4n) is 4.95. The van der Waals surface area contributed by atoms with Gasteiger partial charge < -0.3 is 9.80 Å². The summed E-state index contributed by atoms with van der Waals surface area (Å²) < 4.78 is 0. The molecule has 3 fully saturated rings. The van der Waals surface area contributed by atoms with Crippen LogP contribution in [0.15, 0.2) is 12.4 Å². The number of fused-ring (bicyclic) bond motifs is 1. The summed E-state index contributed by atoms with van der Waals surface area (Å²) in [5.41, 5.74) is 1.09. The molecule has 2 unspecified atom stereocenters. The standard InChI is InChI=1S/C20H30N4O/c1-2-18-11-19(22-14-21-18)23-9-7-15(8-10-23)20(25)24-12-16-5-3-4-6-17(16)13-24/h11,14-17H,2-10,12-13H2,1H3. The van der Waals surface area contributed by atoms with E-state index in [0.29, 0.717) is 5.91 Å². The molecular weight excluding hydrogens is 312 g/mol. The number of carbonyl (C=O) groups excluding carboxylic acids is 1. The number of hydrogen-bond donors (Lipinski definition) is 0. The monoisotopic (exact) mass is 342 g/mol. The number of rotatable bonds is 3. The number of aromatic nitrogens is 2. The number of likely N-dealkylation sites (tertiary alicyclic amines) is 1. The van der Waals surface area contributed by atoms with Gasteiger partial charge in [-0.1, -0.05) is 19.8 Å². The topological polar surface area (TPSA) is 49.3 Å². The van der Waals surface area contributed by atoms with Crippen LogP contribution in [0.1, 0.15) is 51.1 Å². The average Bonchev–Trinajstić information content (AvgIpc) is 3.12. The maximum absolute atomic E-state index is 13.0. The molecule has 3 aliphatic rings. The number of hydrogen-bond acceptors (Lipinski definition) is 4. The number of anilines is 1. The van der Waals surface area contributed by atoms with Crippen molar-refractivity contribution in [2.24, 2.45) is 17.8 Å². The Morgan fingerprint density at radius 2 is 1.76 bits per heavy atom. The molecule has 5 nitrogen and oxygen atoms in total. The predicted molar refractivity (Wildman–Crippen MR) is 98.4 cm³/mol. The van der Waals surface area contributed by atoms with Crippen molar-refractivity contribution < 1.29 is 4.79 Å². The Labute approximate surface area is 150 Å². The van der Waals surface area contributed by atoms with E-state index in [1.165, 1.54) is 25.7 Å². The summed E-state index contributed by atoms with van der Waals surface area (Å²) in [5.74, 6) is 3.22. The molecule has 3 heterocycles. The first-order valence-electron chi connectivity index (χ1n) is 10.1. The van der Waals surface area contributed by atoms with Crippen LogP contribution in [-0.2, 0) is 11.2 Å². The number of piperidine rings is 1. The van der Waals surface area contributed by atoms with Gasteiger partial charge in [-0.25, -0.2) is 9.97 Å². The van der Waals surface area contributed by atoms with Crippen LogP contribution in [0.5, 0.6) is 0 Å². The van der Waals surface area contributed by atoms with E-state index in [1.807, 2.05) is 0 Å². The third-order valence-electron chi connectivity index (χ3n) is 6.53. The molecule has 0 N–H and O–H groups in total. The summed E-state index contributed by atoms with van der Waals surface area (Å²) >= 11 is 0. The highest BCUT2D eigenvalue weighted by Gasteiger charge is 2.39. The van der Waals surface area contributed by atoms with E-state index in [1.54, 1.807) is 6.33 Å². The quantitative estimate of drug-likeness (QED) is 0.847. The summed E-state index contributed by atoms with van der Waals surface area (Å²) in [6, 6.07) is 2.09. The second-order valence-corrected chi connectivity index (χ2v) is 8.03. The molecule has 2 aliphatic heterocycles. The van der Waals surface area contributed by atoms with Gasteiger partial charge in [-0.15, -0.1) is 0 Å². The van der Waals surface area contributed by atoms with Crippen molar-refractivity contribution in [3.8, 4) is 0 Å². The van der Waals surface area contributed by atoms with E-state index in [0.717, 1.165) is 68.8 Å². The van der Waals surface area contributed by atoms with E-state index < -0.39 is 0 Å². The second kappa shape index (κ2) is 7.30. The van der Waals surface area contributed by atoms with Crippen molar-refractivity contribution in [3.05, 3.63) is 18.1 Å². The zero-order valence-corrected chi connectivity index (χ0v) is 15.4. The molecule has 1 aliphatic carbocycles. The molecule has 0 bridgehead atoms.